The first-order chi connectivity index (χ1) is 13.8. The molecule has 0 aliphatic carbocycles. The average molecular weight is 427 g/mol. The zero-order valence-electron chi connectivity index (χ0n) is 16.5. The van der Waals surface area contributed by atoms with Crippen molar-refractivity contribution in [2.45, 2.75) is 35.8 Å². The van der Waals surface area contributed by atoms with Gasteiger partial charge in [-0.2, -0.15) is 4.31 Å². The molecule has 5 rings (SSSR count). The molecule has 1 unspecified atom stereocenters. The van der Waals surface area contributed by atoms with Gasteiger partial charge in [0, 0.05) is 43.7 Å². The number of likely N-dealkylation sites (tertiary alicyclic amines) is 1. The van der Waals surface area contributed by atoms with Gasteiger partial charge < -0.3 is 14.2 Å². The largest absolute Gasteiger partial charge is 0.481 e. The van der Waals surface area contributed by atoms with Gasteiger partial charge in [0.15, 0.2) is 5.82 Å². The third-order valence-electron chi connectivity index (χ3n) is 6.86. The maximum absolute atomic E-state index is 14.2. The van der Waals surface area contributed by atoms with E-state index in [0.29, 0.717) is 44.0 Å². The number of nitrogens with zero attached hydrogens (tertiary/aromatic N) is 3. The standard InChI is InChI=1S/C19H26FN3O5S/c1-26-17-6-16(15(20)8-21-17)29(24,25)23-4-2-19(3-5-23)7-14(9-28-19)22-10-18(11-22)12-27-13-18/h6,8,14H,2-5,7,9-13H2,1H3. The molecule has 0 amide bonds. The minimum atomic E-state index is -3.95. The molecular formula is C19H26FN3O5S. The summed E-state index contributed by atoms with van der Waals surface area (Å²) in [7, 11) is -2.58. The molecule has 0 saturated carbocycles. The van der Waals surface area contributed by atoms with Crippen LogP contribution < -0.4 is 4.74 Å². The molecule has 160 valence electrons. The molecule has 0 aromatic carbocycles. The van der Waals surface area contributed by atoms with Gasteiger partial charge in [-0.15, -0.1) is 0 Å². The van der Waals surface area contributed by atoms with E-state index in [1.54, 1.807) is 0 Å². The molecule has 4 fully saturated rings. The lowest BCUT2D eigenvalue weighted by molar-refractivity contribution is -0.197. The van der Waals surface area contributed by atoms with Gasteiger partial charge >= 0.3 is 0 Å². The number of ether oxygens (including phenoxy) is 3. The van der Waals surface area contributed by atoms with Gasteiger partial charge in [-0.05, 0) is 19.3 Å². The number of methoxy groups -OCH3 is 1. The first kappa shape index (κ1) is 19.6. The Hall–Kier alpha value is -1.33. The smallest absolute Gasteiger partial charge is 0.246 e. The first-order valence-electron chi connectivity index (χ1n) is 10.0. The number of hydrogen-bond donors (Lipinski definition) is 0. The normalized spacial score (nSPS) is 29.0. The number of hydrogen-bond acceptors (Lipinski definition) is 7. The van der Waals surface area contributed by atoms with Crippen LogP contribution in [0, 0.1) is 11.2 Å². The molecule has 4 aliphatic heterocycles. The molecule has 0 bridgehead atoms. The van der Waals surface area contributed by atoms with Crippen molar-refractivity contribution >= 4 is 10.0 Å². The fourth-order valence-corrected chi connectivity index (χ4v) is 6.53. The highest BCUT2D eigenvalue weighted by Crippen LogP contribution is 2.44. The minimum Gasteiger partial charge on any atom is -0.481 e. The summed E-state index contributed by atoms with van der Waals surface area (Å²) in [6.07, 6.45) is 3.05. The lowest BCUT2D eigenvalue weighted by Crippen LogP contribution is -2.68. The van der Waals surface area contributed by atoms with E-state index in [1.807, 2.05) is 0 Å². The van der Waals surface area contributed by atoms with Crippen LogP contribution in [0.4, 0.5) is 4.39 Å². The van der Waals surface area contributed by atoms with Crippen molar-refractivity contribution in [1.82, 2.24) is 14.2 Å². The maximum Gasteiger partial charge on any atom is 0.246 e. The molecule has 1 aromatic rings. The summed E-state index contributed by atoms with van der Waals surface area (Å²) >= 11 is 0. The van der Waals surface area contributed by atoms with Gasteiger partial charge in [0.05, 0.1) is 38.7 Å². The summed E-state index contributed by atoms with van der Waals surface area (Å²) in [4.78, 5) is 5.80. The summed E-state index contributed by atoms with van der Waals surface area (Å²) in [6, 6.07) is 1.53. The number of aromatic nitrogens is 1. The topological polar surface area (TPSA) is 81.2 Å². The van der Waals surface area contributed by atoms with Crippen molar-refractivity contribution < 1.29 is 27.0 Å². The maximum atomic E-state index is 14.2. The lowest BCUT2D eigenvalue weighted by atomic mass is 9.76. The van der Waals surface area contributed by atoms with Crippen LogP contribution in [-0.2, 0) is 19.5 Å². The summed E-state index contributed by atoms with van der Waals surface area (Å²) in [5.41, 5.74) is 0.104. The van der Waals surface area contributed by atoms with Crippen LogP contribution in [0.25, 0.3) is 0 Å². The monoisotopic (exact) mass is 427 g/mol. The van der Waals surface area contributed by atoms with E-state index < -0.39 is 15.8 Å². The van der Waals surface area contributed by atoms with Crippen molar-refractivity contribution in [3.8, 4) is 5.88 Å². The number of rotatable bonds is 4. The van der Waals surface area contributed by atoms with E-state index in [1.165, 1.54) is 11.4 Å². The summed E-state index contributed by atoms with van der Waals surface area (Å²) in [5.74, 6) is -0.792. The van der Waals surface area contributed by atoms with Crippen LogP contribution in [0.5, 0.6) is 5.88 Å². The van der Waals surface area contributed by atoms with Crippen LogP contribution in [-0.4, -0.2) is 87.4 Å². The van der Waals surface area contributed by atoms with Crippen molar-refractivity contribution in [2.75, 3.05) is 53.1 Å². The second kappa shape index (κ2) is 6.84. The zero-order valence-corrected chi connectivity index (χ0v) is 17.3. The molecule has 2 spiro atoms. The molecule has 1 atom stereocenters. The van der Waals surface area contributed by atoms with Gasteiger partial charge in [0.2, 0.25) is 15.9 Å². The Morgan fingerprint density at radius 1 is 1.28 bits per heavy atom. The highest BCUT2D eigenvalue weighted by molar-refractivity contribution is 7.89. The molecule has 4 aliphatic rings. The second-order valence-electron chi connectivity index (χ2n) is 8.81. The van der Waals surface area contributed by atoms with Crippen molar-refractivity contribution in [3.05, 3.63) is 18.1 Å². The highest BCUT2D eigenvalue weighted by Gasteiger charge is 2.54. The van der Waals surface area contributed by atoms with Crippen LogP contribution >= 0.6 is 0 Å². The first-order valence-corrected chi connectivity index (χ1v) is 11.4. The van der Waals surface area contributed by atoms with Crippen molar-refractivity contribution in [1.29, 1.82) is 0 Å². The molecule has 4 saturated heterocycles. The Morgan fingerprint density at radius 2 is 2.00 bits per heavy atom. The van der Waals surface area contributed by atoms with Crippen molar-refractivity contribution in [3.63, 3.8) is 0 Å². The molecule has 1 aromatic heterocycles. The molecule has 8 nitrogen and oxygen atoms in total. The summed E-state index contributed by atoms with van der Waals surface area (Å²) < 4.78 is 57.9. The van der Waals surface area contributed by atoms with Crippen molar-refractivity contribution in [2.24, 2.45) is 5.41 Å². The van der Waals surface area contributed by atoms with E-state index in [-0.39, 0.29) is 16.4 Å². The molecule has 29 heavy (non-hydrogen) atoms. The third kappa shape index (κ3) is 3.25. The molecule has 5 heterocycles. The Balaban J connectivity index is 1.22. The minimum absolute atomic E-state index is 0.0737. The van der Waals surface area contributed by atoms with E-state index >= 15 is 0 Å². The fourth-order valence-electron chi connectivity index (χ4n) is 5.03. The highest BCUT2D eigenvalue weighted by atomic mass is 32.2. The Morgan fingerprint density at radius 3 is 2.62 bits per heavy atom. The van der Waals surface area contributed by atoms with Crippen LogP contribution in [0.1, 0.15) is 19.3 Å². The molecular weight excluding hydrogens is 401 g/mol. The average Bonchev–Trinajstić information content (AvgIpc) is 3.03. The second-order valence-corrected chi connectivity index (χ2v) is 10.7. The Bertz CT molecular complexity index is 891. The van der Waals surface area contributed by atoms with E-state index in [9.17, 15) is 12.8 Å². The lowest BCUT2D eigenvalue weighted by Gasteiger charge is -2.57. The Kier molecular flexibility index (Phi) is 4.63. The molecule has 10 heteroatoms. The van der Waals surface area contributed by atoms with Gasteiger partial charge in [-0.25, -0.2) is 17.8 Å². The fraction of sp³-hybridized carbons (Fsp3) is 0.737. The molecule has 0 N–H and O–H groups in total. The summed E-state index contributed by atoms with van der Waals surface area (Å²) in [5, 5.41) is 0. The number of sulfonamides is 1. The van der Waals surface area contributed by atoms with Gasteiger partial charge in [0.25, 0.3) is 0 Å². The SMILES string of the molecule is COc1cc(S(=O)(=O)N2CCC3(CC2)CC(N2CC4(COC4)C2)CO3)c(F)cn1. The predicted octanol–water partition coefficient (Wildman–Crippen LogP) is 0.874. The van der Waals surface area contributed by atoms with E-state index in [4.69, 9.17) is 14.2 Å². The van der Waals surface area contributed by atoms with E-state index in [2.05, 4.69) is 9.88 Å². The van der Waals surface area contributed by atoms with Gasteiger partial charge in [-0.3, -0.25) is 4.90 Å². The number of halogens is 1. The van der Waals surface area contributed by atoms with Gasteiger partial charge in [-0.1, -0.05) is 0 Å². The van der Waals surface area contributed by atoms with Gasteiger partial charge in [0.1, 0.15) is 4.90 Å². The van der Waals surface area contributed by atoms with Crippen LogP contribution in [0.3, 0.4) is 0 Å². The van der Waals surface area contributed by atoms with Crippen LogP contribution in [0.15, 0.2) is 17.2 Å². The Labute approximate surface area is 170 Å². The third-order valence-corrected chi connectivity index (χ3v) is 8.77. The molecule has 0 radical (unpaired) electrons. The predicted molar refractivity (Wildman–Crippen MR) is 101 cm³/mol. The quantitative estimate of drug-likeness (QED) is 0.705. The zero-order chi connectivity index (χ0) is 20.3. The van der Waals surface area contributed by atoms with Crippen LogP contribution in [0.2, 0.25) is 0 Å². The van der Waals surface area contributed by atoms with E-state index in [0.717, 1.165) is 45.0 Å². The number of pyridine rings is 1. The summed E-state index contributed by atoms with van der Waals surface area (Å²) in [6.45, 7) is 5.20. The number of piperidine rings is 1.